The zero-order chi connectivity index (χ0) is 13.0. The lowest BCUT2D eigenvalue weighted by Crippen LogP contribution is -2.38. The van der Waals surface area contributed by atoms with Crippen molar-refractivity contribution in [2.24, 2.45) is 18.7 Å². The van der Waals surface area contributed by atoms with Crippen molar-refractivity contribution in [3.05, 3.63) is 18.0 Å². The lowest BCUT2D eigenvalue weighted by atomic mass is 10.0. The third kappa shape index (κ3) is 3.30. The van der Waals surface area contributed by atoms with Gasteiger partial charge >= 0.3 is 0 Å². The number of hydrogen-bond acceptors (Lipinski definition) is 4. The van der Waals surface area contributed by atoms with Gasteiger partial charge in [-0.1, -0.05) is 0 Å². The molecule has 6 nitrogen and oxygen atoms in total. The number of aromatic nitrogens is 2. The molecular weight excluding hydrogens is 232 g/mol. The normalized spacial score (nSPS) is 18.6. The third-order valence-electron chi connectivity index (χ3n) is 3.27. The molecule has 0 aliphatic carbocycles. The van der Waals surface area contributed by atoms with Crippen LogP contribution in [0.25, 0.3) is 0 Å². The largest absolute Gasteiger partial charge is 0.381 e. The van der Waals surface area contributed by atoms with E-state index in [1.165, 1.54) is 0 Å². The molecule has 2 heterocycles. The van der Waals surface area contributed by atoms with E-state index < -0.39 is 6.04 Å². The zero-order valence-corrected chi connectivity index (χ0v) is 10.6. The fourth-order valence-electron chi connectivity index (χ4n) is 2.06. The molecular formula is C12H20N4O2. The maximum absolute atomic E-state index is 11.9. The van der Waals surface area contributed by atoms with Gasteiger partial charge in [-0.3, -0.25) is 9.48 Å². The Morgan fingerprint density at radius 3 is 3.00 bits per heavy atom. The summed E-state index contributed by atoms with van der Waals surface area (Å²) >= 11 is 0. The van der Waals surface area contributed by atoms with E-state index in [4.69, 9.17) is 10.5 Å². The lowest BCUT2D eigenvalue weighted by Gasteiger charge is -2.22. The summed E-state index contributed by atoms with van der Waals surface area (Å²) in [5.74, 6) is 0.360. The Morgan fingerprint density at radius 2 is 2.39 bits per heavy atom. The van der Waals surface area contributed by atoms with Gasteiger partial charge in [0.15, 0.2) is 0 Å². The molecule has 0 radical (unpaired) electrons. The van der Waals surface area contributed by atoms with Gasteiger partial charge in [0, 0.05) is 38.6 Å². The Bertz CT molecular complexity index is 399. The summed E-state index contributed by atoms with van der Waals surface area (Å²) in [7, 11) is 1.80. The van der Waals surface area contributed by atoms with E-state index in [0.717, 1.165) is 31.6 Å². The van der Waals surface area contributed by atoms with Gasteiger partial charge in [-0.25, -0.2) is 0 Å². The van der Waals surface area contributed by atoms with Crippen LogP contribution in [0, 0.1) is 5.92 Å². The van der Waals surface area contributed by atoms with Crippen LogP contribution in [0.15, 0.2) is 12.4 Å². The van der Waals surface area contributed by atoms with Crippen LogP contribution in [0.4, 0.5) is 0 Å². The van der Waals surface area contributed by atoms with Crippen LogP contribution in [0.1, 0.15) is 24.4 Å². The highest BCUT2D eigenvalue weighted by Gasteiger charge is 2.19. The predicted octanol–water partition coefficient (Wildman–Crippen LogP) is -0.0373. The molecule has 0 bridgehead atoms. The fourth-order valence-corrected chi connectivity index (χ4v) is 2.06. The zero-order valence-electron chi connectivity index (χ0n) is 10.6. The lowest BCUT2D eigenvalue weighted by molar-refractivity contribution is -0.122. The summed E-state index contributed by atoms with van der Waals surface area (Å²) < 4.78 is 6.92. The first-order chi connectivity index (χ1) is 8.66. The highest BCUT2D eigenvalue weighted by molar-refractivity contribution is 5.82. The number of carbonyl (C=O) groups excluding carboxylic acids is 1. The Morgan fingerprint density at radius 1 is 1.67 bits per heavy atom. The number of nitrogens with one attached hydrogen (secondary N) is 1. The highest BCUT2D eigenvalue weighted by atomic mass is 16.5. The molecule has 1 aromatic rings. The van der Waals surface area contributed by atoms with Crippen LogP contribution < -0.4 is 11.1 Å². The molecule has 100 valence electrons. The first-order valence-electron chi connectivity index (χ1n) is 6.26. The summed E-state index contributed by atoms with van der Waals surface area (Å²) in [6.07, 6.45) is 5.39. The van der Waals surface area contributed by atoms with E-state index in [9.17, 15) is 4.79 Å². The summed E-state index contributed by atoms with van der Waals surface area (Å²) in [6, 6.07) is -0.640. The van der Waals surface area contributed by atoms with Crippen molar-refractivity contribution in [1.29, 1.82) is 0 Å². The average molecular weight is 252 g/mol. The average Bonchev–Trinajstić information content (AvgIpc) is 2.83. The molecule has 0 aromatic carbocycles. The second kappa shape index (κ2) is 5.97. The van der Waals surface area contributed by atoms with Crippen LogP contribution in [-0.4, -0.2) is 35.4 Å². The molecule has 3 N–H and O–H groups in total. The van der Waals surface area contributed by atoms with Crippen molar-refractivity contribution in [3.63, 3.8) is 0 Å². The summed E-state index contributed by atoms with van der Waals surface area (Å²) in [6.45, 7) is 2.25. The SMILES string of the molecule is Cn1cc(C(N)C(=O)NCC2CCOCC2)cn1. The second-order valence-electron chi connectivity index (χ2n) is 4.73. The number of carbonyl (C=O) groups is 1. The number of nitrogens with two attached hydrogens (primary N) is 1. The Kier molecular flexibility index (Phi) is 4.33. The van der Waals surface area contributed by atoms with Crippen LogP contribution in [0.3, 0.4) is 0 Å². The van der Waals surface area contributed by atoms with Gasteiger partial charge in [0.1, 0.15) is 6.04 Å². The molecule has 1 aliphatic heterocycles. The van der Waals surface area contributed by atoms with E-state index in [2.05, 4.69) is 10.4 Å². The standard InChI is InChI=1S/C12H20N4O2/c1-16-8-10(7-15-16)11(13)12(17)14-6-9-2-4-18-5-3-9/h7-9,11H,2-6,13H2,1H3,(H,14,17). The highest BCUT2D eigenvalue weighted by Crippen LogP contribution is 2.14. The van der Waals surface area contributed by atoms with Crippen molar-refractivity contribution in [1.82, 2.24) is 15.1 Å². The van der Waals surface area contributed by atoms with E-state index in [1.54, 1.807) is 24.1 Å². The number of hydrogen-bond donors (Lipinski definition) is 2. The number of amides is 1. The molecule has 1 aliphatic rings. The first-order valence-corrected chi connectivity index (χ1v) is 6.26. The van der Waals surface area contributed by atoms with E-state index in [1.807, 2.05) is 0 Å². The van der Waals surface area contributed by atoms with Gasteiger partial charge in [0.05, 0.1) is 6.20 Å². The smallest absolute Gasteiger partial charge is 0.241 e. The monoisotopic (exact) mass is 252 g/mol. The number of ether oxygens (including phenoxy) is 1. The summed E-state index contributed by atoms with van der Waals surface area (Å²) in [5.41, 5.74) is 6.62. The number of nitrogens with zero attached hydrogens (tertiary/aromatic N) is 2. The van der Waals surface area contributed by atoms with Crippen molar-refractivity contribution in [3.8, 4) is 0 Å². The van der Waals surface area contributed by atoms with Gasteiger partial charge < -0.3 is 15.8 Å². The van der Waals surface area contributed by atoms with Gasteiger partial charge in [-0.2, -0.15) is 5.10 Å². The quantitative estimate of drug-likeness (QED) is 0.788. The van der Waals surface area contributed by atoms with Gasteiger partial charge in [0.2, 0.25) is 5.91 Å². The molecule has 1 amide bonds. The molecule has 1 aromatic heterocycles. The fraction of sp³-hybridized carbons (Fsp3) is 0.667. The van der Waals surface area contributed by atoms with Crippen molar-refractivity contribution in [2.75, 3.05) is 19.8 Å². The van der Waals surface area contributed by atoms with Crippen molar-refractivity contribution >= 4 is 5.91 Å². The van der Waals surface area contributed by atoms with Gasteiger partial charge in [-0.15, -0.1) is 0 Å². The molecule has 6 heteroatoms. The minimum atomic E-state index is -0.640. The van der Waals surface area contributed by atoms with Crippen molar-refractivity contribution in [2.45, 2.75) is 18.9 Å². The third-order valence-corrected chi connectivity index (χ3v) is 3.27. The van der Waals surface area contributed by atoms with E-state index in [0.29, 0.717) is 12.5 Å². The Hall–Kier alpha value is -1.40. The minimum absolute atomic E-state index is 0.144. The minimum Gasteiger partial charge on any atom is -0.381 e. The molecule has 0 saturated carbocycles. The number of aryl methyl sites for hydroxylation is 1. The maximum atomic E-state index is 11.9. The Labute approximate surface area is 106 Å². The van der Waals surface area contributed by atoms with Crippen LogP contribution >= 0.6 is 0 Å². The van der Waals surface area contributed by atoms with Crippen LogP contribution in [0.2, 0.25) is 0 Å². The number of rotatable bonds is 4. The molecule has 18 heavy (non-hydrogen) atoms. The van der Waals surface area contributed by atoms with Gasteiger partial charge in [-0.05, 0) is 18.8 Å². The van der Waals surface area contributed by atoms with Crippen molar-refractivity contribution < 1.29 is 9.53 Å². The topological polar surface area (TPSA) is 82.2 Å². The molecule has 2 rings (SSSR count). The summed E-state index contributed by atoms with van der Waals surface area (Å²) in [4.78, 5) is 11.9. The molecule has 0 spiro atoms. The molecule has 1 saturated heterocycles. The van der Waals surface area contributed by atoms with E-state index in [-0.39, 0.29) is 5.91 Å². The maximum Gasteiger partial charge on any atom is 0.241 e. The van der Waals surface area contributed by atoms with Crippen LogP contribution in [0.5, 0.6) is 0 Å². The first kappa shape index (κ1) is 13.0. The molecule has 1 atom stereocenters. The Balaban J connectivity index is 1.80. The predicted molar refractivity (Wildman–Crippen MR) is 66.7 cm³/mol. The molecule has 1 unspecified atom stereocenters. The van der Waals surface area contributed by atoms with Gasteiger partial charge in [0.25, 0.3) is 0 Å². The van der Waals surface area contributed by atoms with Crippen LogP contribution in [-0.2, 0) is 16.6 Å². The second-order valence-corrected chi connectivity index (χ2v) is 4.73. The van der Waals surface area contributed by atoms with E-state index >= 15 is 0 Å². The summed E-state index contributed by atoms with van der Waals surface area (Å²) in [5, 5.41) is 6.91. The molecule has 1 fully saturated rings.